The third-order valence-electron chi connectivity index (χ3n) is 4.41. The van der Waals surface area contributed by atoms with E-state index in [1.54, 1.807) is 0 Å². The SMILES string of the molecule is O=S(=O)(c1cc(C(F)(F)F)ccc1Cl)N1CCCC(c2ccc(Cl)c(C(F)(F)F)c2)=N1. The maximum absolute atomic E-state index is 13.1. The summed E-state index contributed by atoms with van der Waals surface area (Å²) in [6.45, 7) is -0.182. The predicted octanol–water partition coefficient (Wildman–Crippen LogP) is 6.22. The van der Waals surface area contributed by atoms with Crippen molar-refractivity contribution in [2.75, 3.05) is 6.54 Å². The second kappa shape index (κ2) is 8.18. The minimum atomic E-state index is -4.80. The summed E-state index contributed by atoms with van der Waals surface area (Å²) in [6.07, 6.45) is -9.21. The molecular formula is C18H12Cl2F6N2O2S. The summed E-state index contributed by atoms with van der Waals surface area (Å²) in [5, 5.41) is 2.92. The number of benzene rings is 2. The summed E-state index contributed by atoms with van der Waals surface area (Å²) in [5.74, 6) is 0. The third kappa shape index (κ3) is 4.93. The Balaban J connectivity index is 2.05. The second-order valence-electron chi connectivity index (χ2n) is 6.54. The standard InChI is InChI=1S/C18H12Cl2F6N2O2S/c19-13-5-3-10(8-12(13)18(24,25)26)15-2-1-7-28(27-15)31(29,30)16-9-11(17(21,22)23)4-6-14(16)20/h3-6,8-9H,1-2,7H2. The van der Waals surface area contributed by atoms with Crippen LogP contribution in [0.3, 0.4) is 0 Å². The normalized spacial score (nSPS) is 15.7. The molecule has 168 valence electrons. The van der Waals surface area contributed by atoms with Crippen molar-refractivity contribution in [3.8, 4) is 0 Å². The van der Waals surface area contributed by atoms with E-state index in [2.05, 4.69) is 5.10 Å². The minimum Gasteiger partial charge on any atom is -0.200 e. The van der Waals surface area contributed by atoms with Crippen LogP contribution in [0.25, 0.3) is 0 Å². The van der Waals surface area contributed by atoms with Gasteiger partial charge < -0.3 is 0 Å². The van der Waals surface area contributed by atoms with Gasteiger partial charge in [0.05, 0.1) is 33.4 Å². The van der Waals surface area contributed by atoms with Crippen LogP contribution >= 0.6 is 23.2 Å². The number of rotatable bonds is 3. The Hall–Kier alpha value is -1.98. The van der Waals surface area contributed by atoms with E-state index in [-0.39, 0.29) is 30.7 Å². The highest BCUT2D eigenvalue weighted by atomic mass is 35.5. The molecule has 1 heterocycles. The van der Waals surface area contributed by atoms with Crippen LogP contribution in [0, 0.1) is 0 Å². The van der Waals surface area contributed by atoms with Gasteiger partial charge in [0.25, 0.3) is 10.0 Å². The van der Waals surface area contributed by atoms with Crippen molar-refractivity contribution >= 4 is 38.9 Å². The van der Waals surface area contributed by atoms with Gasteiger partial charge >= 0.3 is 12.4 Å². The number of sulfonamides is 1. The average molecular weight is 505 g/mol. The molecule has 0 N–H and O–H groups in total. The summed E-state index contributed by atoms with van der Waals surface area (Å²) in [4.78, 5) is -0.805. The Morgan fingerprint density at radius 1 is 0.903 bits per heavy atom. The van der Waals surface area contributed by atoms with Crippen LogP contribution in [0.4, 0.5) is 26.3 Å². The van der Waals surface area contributed by atoms with Gasteiger partial charge in [0, 0.05) is 0 Å². The molecule has 0 saturated carbocycles. The molecule has 0 saturated heterocycles. The zero-order chi connectivity index (χ0) is 23.2. The van der Waals surface area contributed by atoms with Crippen molar-refractivity contribution in [2.24, 2.45) is 5.10 Å². The van der Waals surface area contributed by atoms with Gasteiger partial charge in [-0.05, 0) is 48.7 Å². The number of hydrazone groups is 1. The van der Waals surface area contributed by atoms with Crippen LogP contribution in [0.15, 0.2) is 46.4 Å². The van der Waals surface area contributed by atoms with Crippen LogP contribution < -0.4 is 0 Å². The van der Waals surface area contributed by atoms with Gasteiger partial charge in [0.2, 0.25) is 0 Å². The summed E-state index contributed by atoms with van der Waals surface area (Å²) in [7, 11) is -4.60. The molecule has 2 aromatic rings. The molecule has 0 unspecified atom stereocenters. The number of halogens is 8. The largest absolute Gasteiger partial charge is 0.417 e. The molecule has 0 atom stereocenters. The van der Waals surface area contributed by atoms with Gasteiger partial charge in [0.15, 0.2) is 0 Å². The van der Waals surface area contributed by atoms with E-state index in [1.807, 2.05) is 0 Å². The van der Waals surface area contributed by atoms with Crippen molar-refractivity contribution < 1.29 is 34.8 Å². The van der Waals surface area contributed by atoms with E-state index >= 15 is 0 Å². The molecule has 0 amide bonds. The first-order valence-corrected chi connectivity index (χ1v) is 10.7. The molecule has 13 heteroatoms. The van der Waals surface area contributed by atoms with E-state index < -0.39 is 48.4 Å². The molecule has 0 spiro atoms. The monoisotopic (exact) mass is 504 g/mol. The van der Waals surface area contributed by atoms with Gasteiger partial charge in [-0.15, -0.1) is 0 Å². The fourth-order valence-corrected chi connectivity index (χ4v) is 4.93. The highest BCUT2D eigenvalue weighted by Gasteiger charge is 2.36. The van der Waals surface area contributed by atoms with Crippen molar-refractivity contribution in [2.45, 2.75) is 30.1 Å². The van der Waals surface area contributed by atoms with Gasteiger partial charge in [0.1, 0.15) is 4.90 Å². The lowest BCUT2D eigenvalue weighted by molar-refractivity contribution is -0.138. The van der Waals surface area contributed by atoms with E-state index in [0.29, 0.717) is 16.5 Å². The molecule has 1 aliphatic rings. The van der Waals surface area contributed by atoms with Gasteiger partial charge in [-0.1, -0.05) is 29.3 Å². The highest BCUT2D eigenvalue weighted by Crippen LogP contribution is 2.37. The van der Waals surface area contributed by atoms with Crippen molar-refractivity contribution in [3.63, 3.8) is 0 Å². The summed E-state index contributed by atoms with van der Waals surface area (Å²) in [5.41, 5.74) is -2.33. The summed E-state index contributed by atoms with van der Waals surface area (Å²) < 4.78 is 105. The van der Waals surface area contributed by atoms with Crippen LogP contribution in [0.2, 0.25) is 10.0 Å². The zero-order valence-corrected chi connectivity index (χ0v) is 17.6. The fraction of sp³-hybridized carbons (Fsp3) is 0.278. The smallest absolute Gasteiger partial charge is 0.200 e. The Morgan fingerprint density at radius 3 is 2.16 bits per heavy atom. The average Bonchev–Trinajstić information content (AvgIpc) is 2.67. The maximum atomic E-state index is 13.1. The summed E-state index contributed by atoms with van der Waals surface area (Å²) in [6, 6.07) is 4.85. The van der Waals surface area contributed by atoms with Crippen LogP contribution in [0.5, 0.6) is 0 Å². The van der Waals surface area contributed by atoms with Crippen molar-refractivity contribution in [3.05, 3.63) is 63.1 Å². The van der Waals surface area contributed by atoms with Gasteiger partial charge in [-0.25, -0.2) is 0 Å². The Bertz CT molecular complexity index is 1150. The molecule has 0 aliphatic carbocycles. The molecule has 0 radical (unpaired) electrons. The number of alkyl halides is 6. The van der Waals surface area contributed by atoms with Crippen LogP contribution in [0.1, 0.15) is 29.5 Å². The quantitative estimate of drug-likeness (QED) is 0.466. The number of hydrogen-bond acceptors (Lipinski definition) is 3. The summed E-state index contributed by atoms with van der Waals surface area (Å²) >= 11 is 11.4. The van der Waals surface area contributed by atoms with E-state index in [0.717, 1.165) is 18.2 Å². The Kier molecular flexibility index (Phi) is 6.25. The highest BCUT2D eigenvalue weighted by molar-refractivity contribution is 7.89. The molecule has 0 bridgehead atoms. The molecule has 31 heavy (non-hydrogen) atoms. The first-order chi connectivity index (χ1) is 14.2. The van der Waals surface area contributed by atoms with Gasteiger partial charge in [-0.3, -0.25) is 0 Å². The Morgan fingerprint density at radius 2 is 1.55 bits per heavy atom. The molecular weight excluding hydrogens is 493 g/mol. The van der Waals surface area contributed by atoms with E-state index in [9.17, 15) is 34.8 Å². The number of hydrogen-bond donors (Lipinski definition) is 0. The lowest BCUT2D eigenvalue weighted by Crippen LogP contribution is -2.32. The van der Waals surface area contributed by atoms with Crippen molar-refractivity contribution in [1.29, 1.82) is 0 Å². The lowest BCUT2D eigenvalue weighted by Gasteiger charge is -2.26. The minimum absolute atomic E-state index is 0.00763. The molecule has 3 rings (SSSR count). The molecule has 4 nitrogen and oxygen atoms in total. The van der Waals surface area contributed by atoms with Crippen LogP contribution in [-0.4, -0.2) is 25.1 Å². The zero-order valence-electron chi connectivity index (χ0n) is 15.2. The predicted molar refractivity (Wildman–Crippen MR) is 103 cm³/mol. The number of nitrogens with zero attached hydrogens (tertiary/aromatic N) is 2. The topological polar surface area (TPSA) is 49.7 Å². The van der Waals surface area contributed by atoms with Gasteiger partial charge in [-0.2, -0.15) is 44.3 Å². The molecule has 0 aromatic heterocycles. The second-order valence-corrected chi connectivity index (χ2v) is 9.16. The fourth-order valence-electron chi connectivity index (χ4n) is 2.91. The maximum Gasteiger partial charge on any atom is 0.417 e. The van der Waals surface area contributed by atoms with E-state index in [4.69, 9.17) is 23.2 Å². The van der Waals surface area contributed by atoms with Crippen molar-refractivity contribution in [1.82, 2.24) is 4.41 Å². The van der Waals surface area contributed by atoms with Crippen LogP contribution in [-0.2, 0) is 22.4 Å². The lowest BCUT2D eigenvalue weighted by atomic mass is 10.0. The molecule has 0 fully saturated rings. The van der Waals surface area contributed by atoms with E-state index in [1.165, 1.54) is 6.07 Å². The third-order valence-corrected chi connectivity index (χ3v) is 6.90. The molecule has 1 aliphatic heterocycles. The molecule has 2 aromatic carbocycles. The first-order valence-electron chi connectivity index (χ1n) is 8.55. The first kappa shape index (κ1) is 23.7. The Labute approximate surface area is 183 Å².